The fourth-order valence-electron chi connectivity index (χ4n) is 1.59. The minimum atomic E-state index is 0.700. The number of rotatable bonds is 2. The first-order valence-electron chi connectivity index (χ1n) is 4.77. The maximum Gasteiger partial charge on any atom is -0.0132 e. The molecule has 0 radical (unpaired) electrons. The summed E-state index contributed by atoms with van der Waals surface area (Å²) in [6.07, 6.45) is 5.92. The third kappa shape index (κ3) is 2.20. The van der Waals surface area contributed by atoms with Crippen LogP contribution in [0, 0.1) is 11.8 Å². The van der Waals surface area contributed by atoms with Crippen molar-refractivity contribution in [3.05, 3.63) is 23.0 Å². The summed E-state index contributed by atoms with van der Waals surface area (Å²) in [7, 11) is 1.04. The Morgan fingerprint density at radius 2 is 1.83 bits per heavy atom. The lowest BCUT2D eigenvalue weighted by Gasteiger charge is -2.21. The highest BCUT2D eigenvalue weighted by Crippen LogP contribution is 2.39. The maximum atomic E-state index is 2.33. The van der Waals surface area contributed by atoms with Gasteiger partial charge in [-0.25, -0.2) is 0 Å². The molecular weight excluding hydrogens is 163 g/mol. The zero-order valence-corrected chi connectivity index (χ0v) is 9.52. The van der Waals surface area contributed by atoms with Gasteiger partial charge in [0.2, 0.25) is 0 Å². The van der Waals surface area contributed by atoms with Crippen LogP contribution in [0.2, 0.25) is 0 Å². The molecule has 0 aromatic heterocycles. The van der Waals surface area contributed by atoms with E-state index in [0.717, 1.165) is 14.5 Å². The maximum absolute atomic E-state index is 2.33. The zero-order valence-electron chi connectivity index (χ0n) is 8.52. The van der Waals surface area contributed by atoms with Crippen LogP contribution in [0.5, 0.6) is 0 Å². The van der Waals surface area contributed by atoms with Crippen molar-refractivity contribution in [1.82, 2.24) is 0 Å². The average Bonchev–Trinajstić information content (AvgIpc) is 2.04. The minimum absolute atomic E-state index is 0.700. The van der Waals surface area contributed by atoms with Crippen LogP contribution in [0.4, 0.5) is 0 Å². The molecule has 0 saturated carbocycles. The van der Waals surface area contributed by atoms with Crippen LogP contribution in [0.3, 0.4) is 0 Å². The monoisotopic (exact) mass is 182 g/mol. The highest BCUT2D eigenvalue weighted by atomic mass is 31.1. The molecule has 0 aliphatic carbocycles. The Labute approximate surface area is 77.9 Å². The zero-order chi connectivity index (χ0) is 9.14. The molecule has 0 aromatic rings. The van der Waals surface area contributed by atoms with Gasteiger partial charge in [-0.1, -0.05) is 48.4 Å². The normalized spacial score (nSPS) is 20.2. The summed E-state index contributed by atoms with van der Waals surface area (Å²) in [4.78, 5) is 0. The molecule has 0 bridgehead atoms. The fraction of sp³-hybridized carbons (Fsp3) is 0.636. The van der Waals surface area contributed by atoms with Crippen molar-refractivity contribution < 1.29 is 0 Å². The molecule has 0 amide bonds. The van der Waals surface area contributed by atoms with Crippen LogP contribution in [0.25, 0.3) is 0 Å². The van der Waals surface area contributed by atoms with Crippen molar-refractivity contribution in [2.24, 2.45) is 11.8 Å². The van der Waals surface area contributed by atoms with Gasteiger partial charge in [-0.05, 0) is 28.9 Å². The highest BCUT2D eigenvalue weighted by Gasteiger charge is 2.13. The minimum Gasteiger partial charge on any atom is -0.0904 e. The summed E-state index contributed by atoms with van der Waals surface area (Å²) in [6, 6.07) is 0. The largest absolute Gasteiger partial charge is 0.0904 e. The smallest absolute Gasteiger partial charge is 0.0132 e. The lowest BCUT2D eigenvalue weighted by Crippen LogP contribution is -2.02. The van der Waals surface area contributed by atoms with Crippen LogP contribution < -0.4 is 0 Å². The number of hydrogen-bond donors (Lipinski definition) is 0. The van der Waals surface area contributed by atoms with E-state index in [4.69, 9.17) is 0 Å². The van der Waals surface area contributed by atoms with Crippen molar-refractivity contribution in [3.63, 3.8) is 0 Å². The first-order chi connectivity index (χ1) is 5.63. The predicted molar refractivity (Wildman–Crippen MR) is 59.0 cm³/mol. The molecule has 0 saturated heterocycles. The second-order valence-corrected chi connectivity index (χ2v) is 5.26. The molecule has 12 heavy (non-hydrogen) atoms. The second kappa shape index (κ2) is 4.23. The third-order valence-corrected chi connectivity index (χ3v) is 3.90. The molecular formula is C11H19P. The van der Waals surface area contributed by atoms with E-state index in [1.807, 2.05) is 0 Å². The van der Waals surface area contributed by atoms with Crippen LogP contribution in [-0.2, 0) is 0 Å². The van der Waals surface area contributed by atoms with Crippen molar-refractivity contribution in [2.75, 3.05) is 6.16 Å². The summed E-state index contributed by atoms with van der Waals surface area (Å²) >= 11 is 0. The second-order valence-electron chi connectivity index (χ2n) is 3.96. The summed E-state index contributed by atoms with van der Waals surface area (Å²) in [6.45, 7) is 9.20. The molecule has 1 heteroatoms. The molecule has 0 aromatic carbocycles. The summed E-state index contributed by atoms with van der Waals surface area (Å²) in [5, 5.41) is 1.70. The van der Waals surface area contributed by atoms with Gasteiger partial charge in [0.1, 0.15) is 0 Å². The Kier molecular flexibility index (Phi) is 3.53. The standard InChI is InChI=1S/C11H19P/c1-8(2)10-6-5-7-12-11(10)9(3)4/h5-6,8-9,12H,7H2,1-4H3. The lowest BCUT2D eigenvalue weighted by molar-refractivity contribution is 0.736. The number of allylic oxidation sites excluding steroid dienone is 4. The topological polar surface area (TPSA) is 0 Å². The molecule has 0 fully saturated rings. The van der Waals surface area contributed by atoms with Gasteiger partial charge in [0.05, 0.1) is 0 Å². The molecule has 0 spiro atoms. The van der Waals surface area contributed by atoms with E-state index in [0.29, 0.717) is 5.92 Å². The Bertz CT molecular complexity index is 209. The quantitative estimate of drug-likeness (QED) is 0.570. The van der Waals surface area contributed by atoms with Crippen molar-refractivity contribution >= 4 is 8.58 Å². The van der Waals surface area contributed by atoms with Gasteiger partial charge in [0, 0.05) is 0 Å². The van der Waals surface area contributed by atoms with Crippen LogP contribution in [0.1, 0.15) is 27.7 Å². The van der Waals surface area contributed by atoms with Crippen LogP contribution >= 0.6 is 8.58 Å². The van der Waals surface area contributed by atoms with Gasteiger partial charge >= 0.3 is 0 Å². The SMILES string of the molecule is CC(C)C1=C(C(C)C)PCC=C1. The molecule has 1 atom stereocenters. The highest BCUT2D eigenvalue weighted by molar-refractivity contribution is 7.43. The molecule has 1 heterocycles. The van der Waals surface area contributed by atoms with E-state index in [1.54, 1.807) is 10.9 Å². The molecule has 0 nitrogen and oxygen atoms in total. The van der Waals surface area contributed by atoms with Crippen molar-refractivity contribution in [2.45, 2.75) is 27.7 Å². The summed E-state index contributed by atoms with van der Waals surface area (Å²) < 4.78 is 0. The van der Waals surface area contributed by atoms with E-state index in [-0.39, 0.29) is 0 Å². The first kappa shape index (κ1) is 9.99. The Hall–Kier alpha value is -0.0900. The van der Waals surface area contributed by atoms with Crippen LogP contribution in [0.15, 0.2) is 23.0 Å². The first-order valence-corrected chi connectivity index (χ1v) is 5.98. The van der Waals surface area contributed by atoms with Gasteiger partial charge in [-0.15, -0.1) is 0 Å². The molecule has 1 rings (SSSR count). The van der Waals surface area contributed by atoms with Gasteiger partial charge in [-0.2, -0.15) is 0 Å². The Morgan fingerprint density at radius 3 is 2.25 bits per heavy atom. The van der Waals surface area contributed by atoms with E-state index < -0.39 is 0 Å². The van der Waals surface area contributed by atoms with Gasteiger partial charge < -0.3 is 0 Å². The van der Waals surface area contributed by atoms with E-state index >= 15 is 0 Å². The van der Waals surface area contributed by atoms with E-state index in [1.165, 1.54) is 6.16 Å². The third-order valence-electron chi connectivity index (χ3n) is 2.22. The average molecular weight is 182 g/mol. The Morgan fingerprint density at radius 1 is 1.17 bits per heavy atom. The molecule has 1 aliphatic heterocycles. The van der Waals surface area contributed by atoms with Crippen LogP contribution in [-0.4, -0.2) is 6.16 Å². The van der Waals surface area contributed by atoms with E-state index in [2.05, 4.69) is 39.8 Å². The van der Waals surface area contributed by atoms with E-state index in [9.17, 15) is 0 Å². The van der Waals surface area contributed by atoms with Crippen molar-refractivity contribution in [3.8, 4) is 0 Å². The van der Waals surface area contributed by atoms with Gasteiger partial charge in [0.25, 0.3) is 0 Å². The van der Waals surface area contributed by atoms with Gasteiger partial charge in [0.15, 0.2) is 0 Å². The molecule has 1 aliphatic rings. The molecule has 1 unspecified atom stereocenters. The summed E-state index contributed by atoms with van der Waals surface area (Å²) in [5.74, 6) is 1.44. The predicted octanol–water partition coefficient (Wildman–Crippen LogP) is 3.80. The molecule has 0 N–H and O–H groups in total. The Balaban J connectivity index is 2.92. The lowest BCUT2D eigenvalue weighted by atomic mass is 9.98. The fourth-order valence-corrected chi connectivity index (χ4v) is 3.03. The number of hydrogen-bond acceptors (Lipinski definition) is 0. The molecule has 68 valence electrons. The summed E-state index contributed by atoms with van der Waals surface area (Å²) in [5.41, 5.74) is 1.59. The van der Waals surface area contributed by atoms with Crippen molar-refractivity contribution in [1.29, 1.82) is 0 Å². The van der Waals surface area contributed by atoms with Gasteiger partial charge in [-0.3, -0.25) is 0 Å².